The molecule has 0 aliphatic rings. The Kier molecular flexibility index (Phi) is 24.0. The minimum atomic E-state index is -5.12. The van der Waals surface area contributed by atoms with Gasteiger partial charge in [0, 0.05) is 6.07 Å². The second-order valence-corrected chi connectivity index (χ2v) is 15.0. The van der Waals surface area contributed by atoms with E-state index in [0.717, 1.165) is 18.2 Å². The van der Waals surface area contributed by atoms with Gasteiger partial charge in [0.15, 0.2) is 43.6 Å². The topological polar surface area (TPSA) is 341 Å². The van der Waals surface area contributed by atoms with Crippen LogP contribution in [0.3, 0.4) is 0 Å². The Morgan fingerprint density at radius 1 is 0.686 bits per heavy atom. The van der Waals surface area contributed by atoms with Gasteiger partial charge in [-0.15, -0.1) is 19.7 Å². The van der Waals surface area contributed by atoms with E-state index in [1.54, 1.807) is 0 Å². The summed E-state index contributed by atoms with van der Waals surface area (Å²) in [6.45, 7) is -1.24. The molecule has 0 spiro atoms. The maximum absolute atomic E-state index is 12.6. The number of nitrogens with two attached hydrogens (primary N) is 2. The van der Waals surface area contributed by atoms with Crippen molar-refractivity contribution in [3.63, 3.8) is 0 Å². The average molecular weight is 840 g/mol. The van der Waals surface area contributed by atoms with Crippen molar-refractivity contribution in [1.82, 2.24) is 4.98 Å². The molecule has 0 saturated carbocycles. The van der Waals surface area contributed by atoms with Crippen molar-refractivity contribution in [2.24, 2.45) is 20.5 Å². The molecule has 0 fully saturated rings. The monoisotopic (exact) mass is 839 g/mol. The van der Waals surface area contributed by atoms with Crippen molar-refractivity contribution in [3.8, 4) is 0 Å². The molecule has 0 radical (unpaired) electrons. The number of benzene rings is 2. The summed E-state index contributed by atoms with van der Waals surface area (Å²) < 4.78 is 98.5. The smallest absolute Gasteiger partial charge is 0.726 e. The summed E-state index contributed by atoms with van der Waals surface area (Å²) in [4.78, 5) is 3.40. The molecule has 3 aromatic rings. The zero-order valence-corrected chi connectivity index (χ0v) is 36.6. The van der Waals surface area contributed by atoms with E-state index in [-0.39, 0.29) is 169 Å². The SMILES string of the molecule is Nc1nc(N)c(N=Nc2ccc(S(=O)(=O)CCOS(=O)(=O)[O-])cc2SOO[O-])cc1N=Nc1ccc(S(=O)(=O)CCOSOO[O-])cc1.[Na+].[Na+].[Na+]. The number of hydrogen-bond donors (Lipinski definition) is 2. The molecule has 0 saturated heterocycles. The molecule has 0 bridgehead atoms. The second kappa shape index (κ2) is 24.2. The van der Waals surface area contributed by atoms with E-state index >= 15 is 0 Å². The van der Waals surface area contributed by atoms with Crippen molar-refractivity contribution in [1.29, 1.82) is 0 Å². The number of hydrogen-bond acceptors (Lipinski definition) is 24. The van der Waals surface area contributed by atoms with Gasteiger partial charge in [-0.2, -0.15) is 9.45 Å². The van der Waals surface area contributed by atoms with Crippen LogP contribution >= 0.6 is 24.4 Å². The van der Waals surface area contributed by atoms with Gasteiger partial charge in [0.1, 0.15) is 17.1 Å². The van der Waals surface area contributed by atoms with Gasteiger partial charge in [-0.25, -0.2) is 30.2 Å². The summed E-state index contributed by atoms with van der Waals surface area (Å²) in [5.41, 5.74) is 11.9. The van der Waals surface area contributed by atoms with Crippen LogP contribution in [0.15, 0.2) is 83.7 Å². The molecular formula is C21H20N7Na3O15S5. The van der Waals surface area contributed by atoms with Gasteiger partial charge in [0.05, 0.1) is 57.1 Å². The van der Waals surface area contributed by atoms with Crippen LogP contribution in [0.5, 0.6) is 0 Å². The number of anilines is 2. The normalized spacial score (nSPS) is 12.0. The van der Waals surface area contributed by atoms with Crippen LogP contribution in [0.2, 0.25) is 0 Å². The van der Waals surface area contributed by atoms with E-state index in [2.05, 4.69) is 48.4 Å². The van der Waals surface area contributed by atoms with Crippen molar-refractivity contribution in [2.45, 2.75) is 14.7 Å². The van der Waals surface area contributed by atoms with Gasteiger partial charge in [0.25, 0.3) is 0 Å². The van der Waals surface area contributed by atoms with E-state index < -0.39 is 48.2 Å². The van der Waals surface area contributed by atoms with Gasteiger partial charge in [-0.05, 0) is 42.5 Å². The van der Waals surface area contributed by atoms with Crippen LogP contribution in [-0.4, -0.2) is 59.5 Å². The number of nitrogen functional groups attached to an aromatic ring is 2. The zero-order valence-electron chi connectivity index (χ0n) is 26.5. The molecule has 51 heavy (non-hydrogen) atoms. The van der Waals surface area contributed by atoms with Gasteiger partial charge in [0.2, 0.25) is 10.4 Å². The van der Waals surface area contributed by atoms with E-state index in [9.17, 15) is 40.3 Å². The molecule has 0 aliphatic heterocycles. The quantitative estimate of drug-likeness (QED) is 0.0165. The molecule has 22 nitrogen and oxygen atoms in total. The van der Waals surface area contributed by atoms with E-state index in [4.69, 9.17) is 15.7 Å². The first kappa shape index (κ1) is 50.6. The Morgan fingerprint density at radius 3 is 1.80 bits per heavy atom. The molecular weight excluding hydrogens is 820 g/mol. The van der Waals surface area contributed by atoms with Crippen molar-refractivity contribution >= 4 is 88.8 Å². The van der Waals surface area contributed by atoms with Gasteiger partial charge in [-0.1, -0.05) is 0 Å². The summed E-state index contributed by atoms with van der Waals surface area (Å²) in [6.07, 6.45) is 0. The van der Waals surface area contributed by atoms with Gasteiger partial charge < -0.3 is 26.5 Å². The van der Waals surface area contributed by atoms with Crippen LogP contribution in [0.25, 0.3) is 0 Å². The van der Waals surface area contributed by atoms with Crippen molar-refractivity contribution in [2.75, 3.05) is 36.2 Å². The van der Waals surface area contributed by atoms with Crippen LogP contribution < -0.4 is 111 Å². The molecule has 3 rings (SSSR count). The fourth-order valence-corrected chi connectivity index (χ4v) is 6.66. The number of azo groups is 2. The Labute approximate surface area is 365 Å². The maximum atomic E-state index is 12.6. The van der Waals surface area contributed by atoms with Gasteiger partial charge in [-0.3, -0.25) is 18.4 Å². The first-order chi connectivity index (χ1) is 22.6. The molecule has 1 aromatic heterocycles. The van der Waals surface area contributed by atoms with E-state index in [1.165, 1.54) is 30.3 Å². The summed E-state index contributed by atoms with van der Waals surface area (Å²) >= 11 is 0.449. The number of sulfone groups is 2. The third kappa shape index (κ3) is 17.3. The number of rotatable bonds is 19. The Bertz CT molecular complexity index is 1960. The Morgan fingerprint density at radius 2 is 1.22 bits per heavy atom. The molecule has 1 heterocycles. The largest absolute Gasteiger partial charge is 1.00 e. The Hall–Kier alpha value is -0.420. The number of aromatic nitrogens is 1. The predicted molar refractivity (Wildman–Crippen MR) is 158 cm³/mol. The third-order valence-corrected chi connectivity index (χ3v) is 10.2. The number of nitrogens with zero attached hydrogens (tertiary/aromatic N) is 5. The number of pyridine rings is 1. The fourth-order valence-electron chi connectivity index (χ4n) is 3.20. The standard InChI is InChI=1S/C21H23N7O15S5.3Na/c22-20-17(27-25-13-1-3-14(4-2-13)46(31,32)9-7-38-45-43-41-30)12-18(21(23)24-20)28-26-16-6-5-15(11-19(16)44-42-40-29)47(33,34)10-8-39-48(35,36)37;;;/h1-6,11-12,29-30H,7-10H2,(H4,22,23,24)(H,35,36,37);;;/q;3*+1/p-3. The zero-order chi connectivity index (χ0) is 35.4. The molecule has 4 N–H and O–H groups in total. The summed E-state index contributed by atoms with van der Waals surface area (Å²) in [7, 11) is -13.1. The maximum Gasteiger partial charge on any atom is 1.00 e. The molecule has 0 unspecified atom stereocenters. The predicted octanol–water partition coefficient (Wildman–Crippen LogP) is -7.85. The molecule has 2 aromatic carbocycles. The van der Waals surface area contributed by atoms with Gasteiger partial charge >= 0.3 is 88.7 Å². The van der Waals surface area contributed by atoms with Crippen molar-refractivity contribution < 1.29 is 156 Å². The second-order valence-electron chi connectivity index (χ2n) is 8.43. The fraction of sp³-hybridized carbons (Fsp3) is 0.190. The third-order valence-electron chi connectivity index (χ3n) is 5.33. The summed E-state index contributed by atoms with van der Waals surface area (Å²) in [5.74, 6) is -1.65. The minimum Gasteiger partial charge on any atom is -0.726 e. The Balaban J connectivity index is 0.00000833. The van der Waals surface area contributed by atoms with E-state index in [0.29, 0.717) is 0 Å². The van der Waals surface area contributed by atoms with Crippen LogP contribution in [0.4, 0.5) is 34.4 Å². The minimum absolute atomic E-state index is 0. The summed E-state index contributed by atoms with van der Waals surface area (Å²) in [6, 6.07) is 9.77. The van der Waals surface area contributed by atoms with Crippen molar-refractivity contribution in [3.05, 3.63) is 48.5 Å². The van der Waals surface area contributed by atoms with E-state index in [1.807, 2.05) is 0 Å². The molecule has 0 aliphatic carbocycles. The average Bonchev–Trinajstić information content (AvgIpc) is 3.02. The van der Waals surface area contributed by atoms with Crippen LogP contribution in [0, 0.1) is 0 Å². The van der Waals surface area contributed by atoms with Crippen LogP contribution in [0.1, 0.15) is 0 Å². The van der Waals surface area contributed by atoms with Crippen LogP contribution in [-0.2, 0) is 57.2 Å². The molecule has 0 atom stereocenters. The molecule has 0 amide bonds. The summed E-state index contributed by atoms with van der Waals surface area (Å²) in [5, 5.41) is 42.4. The molecule has 30 heteroatoms. The first-order valence-electron chi connectivity index (χ1n) is 12.2. The first-order valence-corrected chi connectivity index (χ1v) is 18.3. The molecule has 262 valence electrons.